The Labute approximate surface area is 169 Å². The lowest BCUT2D eigenvalue weighted by molar-refractivity contribution is 0.246. The molecule has 29 heavy (non-hydrogen) atoms. The Morgan fingerprint density at radius 3 is 2.48 bits per heavy atom. The van der Waals surface area contributed by atoms with Crippen LogP contribution in [-0.2, 0) is 6.54 Å². The van der Waals surface area contributed by atoms with E-state index in [0.29, 0.717) is 27.5 Å². The average molecular weight is 416 g/mol. The number of aryl methyl sites for hydroxylation is 1. The van der Waals surface area contributed by atoms with Gasteiger partial charge < -0.3 is 5.32 Å². The highest BCUT2D eigenvalue weighted by atomic mass is 32.2. The number of aromatic nitrogens is 2. The van der Waals surface area contributed by atoms with Gasteiger partial charge in [0.05, 0.1) is 12.2 Å². The number of urea groups is 1. The lowest BCUT2D eigenvalue weighted by atomic mass is 10.00. The third kappa shape index (κ3) is 3.31. The van der Waals surface area contributed by atoms with Gasteiger partial charge in [0, 0.05) is 11.1 Å². The van der Waals surface area contributed by atoms with Crippen LogP contribution in [0, 0.1) is 24.4 Å². The highest BCUT2D eigenvalue weighted by Gasteiger charge is 2.34. The zero-order chi connectivity index (χ0) is 20.7. The quantitative estimate of drug-likeness (QED) is 0.485. The maximum absolute atomic E-state index is 14.5. The Morgan fingerprint density at radius 1 is 1.10 bits per heavy atom. The van der Waals surface area contributed by atoms with E-state index in [-0.39, 0.29) is 18.2 Å². The van der Waals surface area contributed by atoms with E-state index in [1.807, 2.05) is 0 Å². The summed E-state index contributed by atoms with van der Waals surface area (Å²) in [4.78, 5) is 22.4. The predicted molar refractivity (Wildman–Crippen MR) is 105 cm³/mol. The molecule has 1 aliphatic heterocycles. The van der Waals surface area contributed by atoms with E-state index in [1.165, 1.54) is 30.0 Å². The monoisotopic (exact) mass is 416 g/mol. The van der Waals surface area contributed by atoms with Crippen LogP contribution in [0.4, 0.5) is 29.5 Å². The molecule has 2 amide bonds. The molecule has 1 aromatic heterocycles. The van der Waals surface area contributed by atoms with Gasteiger partial charge in [-0.2, -0.15) is 0 Å². The van der Waals surface area contributed by atoms with Crippen molar-refractivity contribution in [2.45, 2.75) is 18.6 Å². The fraction of sp³-hybridized carbons (Fsp3) is 0.150. The van der Waals surface area contributed by atoms with Crippen molar-refractivity contribution in [1.29, 1.82) is 0 Å². The van der Waals surface area contributed by atoms with Crippen molar-refractivity contribution in [3.05, 3.63) is 65.0 Å². The van der Waals surface area contributed by atoms with Crippen molar-refractivity contribution in [2.75, 3.05) is 11.2 Å². The molecule has 0 atom stereocenters. The molecule has 0 spiro atoms. The maximum atomic E-state index is 14.5. The lowest BCUT2D eigenvalue weighted by Crippen LogP contribution is -2.43. The second-order valence-corrected chi connectivity index (χ2v) is 7.16. The summed E-state index contributed by atoms with van der Waals surface area (Å²) >= 11 is 1.22. The van der Waals surface area contributed by atoms with E-state index >= 15 is 0 Å². The molecular formula is C20H15F3N4OS. The van der Waals surface area contributed by atoms with Crippen molar-refractivity contribution >= 4 is 29.3 Å². The Kier molecular flexibility index (Phi) is 4.91. The Balaban J connectivity index is 2.00. The van der Waals surface area contributed by atoms with Crippen LogP contribution >= 0.6 is 11.8 Å². The zero-order valence-corrected chi connectivity index (χ0v) is 16.3. The van der Waals surface area contributed by atoms with E-state index in [0.717, 1.165) is 17.0 Å². The molecule has 9 heteroatoms. The smallest absolute Gasteiger partial charge is 0.328 e. The van der Waals surface area contributed by atoms with Crippen LogP contribution in [0.15, 0.2) is 41.6 Å². The topological polar surface area (TPSA) is 58.1 Å². The van der Waals surface area contributed by atoms with E-state index in [2.05, 4.69) is 15.3 Å². The summed E-state index contributed by atoms with van der Waals surface area (Å²) in [6.45, 7) is 1.81. The highest BCUT2D eigenvalue weighted by molar-refractivity contribution is 7.98. The second-order valence-electron chi connectivity index (χ2n) is 6.38. The first kappa shape index (κ1) is 19.3. The number of nitrogens with one attached hydrogen (secondary N) is 1. The molecule has 0 aliphatic carbocycles. The van der Waals surface area contributed by atoms with Gasteiger partial charge in [-0.25, -0.2) is 32.8 Å². The molecule has 0 fully saturated rings. The molecule has 2 heterocycles. The molecule has 1 N–H and O–H groups in total. The lowest BCUT2D eigenvalue weighted by Gasteiger charge is -2.30. The molecular weight excluding hydrogens is 401 g/mol. The zero-order valence-electron chi connectivity index (χ0n) is 15.5. The number of anilines is 2. The largest absolute Gasteiger partial charge is 0.333 e. The molecule has 0 saturated heterocycles. The summed E-state index contributed by atoms with van der Waals surface area (Å²) in [5.41, 5.74) is 1.72. The van der Waals surface area contributed by atoms with Gasteiger partial charge in [0.25, 0.3) is 0 Å². The number of halogens is 3. The number of fused-ring (bicyclic) bond motifs is 1. The molecule has 5 nitrogen and oxygen atoms in total. The predicted octanol–water partition coefficient (Wildman–Crippen LogP) is 4.95. The van der Waals surface area contributed by atoms with E-state index in [1.54, 1.807) is 19.2 Å². The van der Waals surface area contributed by atoms with Crippen molar-refractivity contribution in [3.8, 4) is 11.3 Å². The van der Waals surface area contributed by atoms with Gasteiger partial charge in [-0.3, -0.25) is 0 Å². The normalized spacial score (nSPS) is 13.3. The summed E-state index contributed by atoms with van der Waals surface area (Å²) < 4.78 is 42.5. The molecule has 4 rings (SSSR count). The molecule has 0 bridgehead atoms. The molecule has 3 aromatic rings. The minimum Gasteiger partial charge on any atom is -0.333 e. The number of rotatable bonds is 3. The number of thioether (sulfide) groups is 1. The van der Waals surface area contributed by atoms with Gasteiger partial charge in [0.1, 0.15) is 23.1 Å². The van der Waals surface area contributed by atoms with Gasteiger partial charge in [-0.15, -0.1) is 0 Å². The fourth-order valence-corrected chi connectivity index (χ4v) is 3.62. The minimum absolute atomic E-state index is 0.0710. The van der Waals surface area contributed by atoms with Gasteiger partial charge in [0.2, 0.25) is 0 Å². The minimum atomic E-state index is -0.892. The number of hydrogen-bond acceptors (Lipinski definition) is 4. The van der Waals surface area contributed by atoms with Crippen LogP contribution < -0.4 is 10.2 Å². The number of carbonyl (C=O) groups is 1. The molecule has 2 aromatic carbocycles. The number of hydrogen-bond donors (Lipinski definition) is 1. The van der Waals surface area contributed by atoms with Crippen LogP contribution in [0.2, 0.25) is 0 Å². The summed E-state index contributed by atoms with van der Waals surface area (Å²) in [7, 11) is 0. The average Bonchev–Trinajstić information content (AvgIpc) is 2.68. The van der Waals surface area contributed by atoms with Crippen LogP contribution in [0.1, 0.15) is 11.1 Å². The third-order valence-electron chi connectivity index (χ3n) is 4.58. The Hall–Kier alpha value is -3.07. The standard InChI is InChI=1S/C20H15F3N4OS/c1-10-8-11(21)6-7-12(10)16-13-9-24-20(28)27(18(13)26-19(25-16)29-2)17-14(22)4-3-5-15(17)23/h3-8H,9H2,1-2H3,(H,24,28). The Morgan fingerprint density at radius 2 is 1.83 bits per heavy atom. The first-order valence-corrected chi connectivity index (χ1v) is 9.86. The molecule has 148 valence electrons. The number of amides is 2. The molecule has 0 saturated carbocycles. The van der Waals surface area contributed by atoms with Crippen molar-refractivity contribution in [1.82, 2.24) is 15.3 Å². The molecule has 0 unspecified atom stereocenters. The highest BCUT2D eigenvalue weighted by Crippen LogP contribution is 2.39. The maximum Gasteiger partial charge on any atom is 0.328 e. The summed E-state index contributed by atoms with van der Waals surface area (Å²) in [5.74, 6) is -2.08. The van der Waals surface area contributed by atoms with E-state index in [9.17, 15) is 18.0 Å². The van der Waals surface area contributed by atoms with Crippen molar-refractivity contribution in [2.24, 2.45) is 0 Å². The van der Waals surface area contributed by atoms with Gasteiger partial charge >= 0.3 is 6.03 Å². The van der Waals surface area contributed by atoms with E-state index < -0.39 is 23.4 Å². The summed E-state index contributed by atoms with van der Waals surface area (Å²) in [6.07, 6.45) is 1.75. The third-order valence-corrected chi connectivity index (χ3v) is 5.13. The summed E-state index contributed by atoms with van der Waals surface area (Å²) in [6, 6.07) is 6.93. The first-order valence-electron chi connectivity index (χ1n) is 8.64. The number of para-hydroxylation sites is 1. The van der Waals surface area contributed by atoms with Gasteiger partial charge in [0.15, 0.2) is 11.0 Å². The second kappa shape index (κ2) is 7.40. The van der Waals surface area contributed by atoms with Crippen LogP contribution in [0.5, 0.6) is 0 Å². The first-order chi connectivity index (χ1) is 13.9. The number of benzene rings is 2. The van der Waals surface area contributed by atoms with Crippen LogP contribution in [0.3, 0.4) is 0 Å². The number of nitrogens with zero attached hydrogens (tertiary/aromatic N) is 3. The van der Waals surface area contributed by atoms with Crippen molar-refractivity contribution < 1.29 is 18.0 Å². The van der Waals surface area contributed by atoms with E-state index in [4.69, 9.17) is 0 Å². The Bertz CT molecular complexity index is 1120. The van der Waals surface area contributed by atoms with Crippen molar-refractivity contribution in [3.63, 3.8) is 0 Å². The molecule has 1 aliphatic rings. The van der Waals surface area contributed by atoms with Crippen LogP contribution in [-0.4, -0.2) is 22.3 Å². The van der Waals surface area contributed by atoms with Gasteiger partial charge in [-0.1, -0.05) is 17.8 Å². The van der Waals surface area contributed by atoms with Gasteiger partial charge in [-0.05, 0) is 49.1 Å². The molecule has 0 radical (unpaired) electrons. The number of carbonyl (C=O) groups excluding carboxylic acids is 1. The fourth-order valence-electron chi connectivity index (χ4n) is 3.26. The van der Waals surface area contributed by atoms with Crippen LogP contribution in [0.25, 0.3) is 11.3 Å². The SMILES string of the molecule is CSc1nc(-c2ccc(F)cc2C)c2c(n1)N(c1c(F)cccc1F)C(=O)NC2. The summed E-state index contributed by atoms with van der Waals surface area (Å²) in [5, 5.41) is 2.93.